The van der Waals surface area contributed by atoms with Gasteiger partial charge in [0.25, 0.3) is 5.91 Å². The van der Waals surface area contributed by atoms with Gasteiger partial charge < -0.3 is 10.4 Å². The summed E-state index contributed by atoms with van der Waals surface area (Å²) in [6.45, 7) is 2.42. The van der Waals surface area contributed by atoms with Crippen LogP contribution in [0.15, 0.2) is 12.4 Å². The molecule has 0 radical (unpaired) electrons. The lowest BCUT2D eigenvalue weighted by Crippen LogP contribution is -2.29. The first-order valence-corrected chi connectivity index (χ1v) is 4.51. The fourth-order valence-electron chi connectivity index (χ4n) is 0.972. The number of nitrogens with zero attached hydrogens (tertiary/aromatic N) is 2. The number of amides is 1. The van der Waals surface area contributed by atoms with Crippen LogP contribution >= 0.6 is 0 Å². The SMILES string of the molecule is CC(CO)CNC(=O)c1cnn(C)c1. The molecule has 1 rings (SSSR count). The molecule has 0 bridgehead atoms. The number of aliphatic hydroxyl groups is 1. The number of carbonyl (C=O) groups excluding carboxylic acids is 1. The minimum Gasteiger partial charge on any atom is -0.396 e. The summed E-state index contributed by atoms with van der Waals surface area (Å²) in [6.07, 6.45) is 3.16. The zero-order chi connectivity index (χ0) is 10.6. The molecule has 5 nitrogen and oxygen atoms in total. The third-order valence-electron chi connectivity index (χ3n) is 1.89. The van der Waals surface area contributed by atoms with Crippen LogP contribution in [-0.4, -0.2) is 33.9 Å². The van der Waals surface area contributed by atoms with E-state index in [0.717, 1.165) is 0 Å². The maximum absolute atomic E-state index is 11.4. The molecule has 0 spiro atoms. The number of hydrogen-bond donors (Lipinski definition) is 2. The summed E-state index contributed by atoms with van der Waals surface area (Å²) in [7, 11) is 1.76. The molecule has 5 heteroatoms. The molecule has 0 saturated heterocycles. The van der Waals surface area contributed by atoms with Gasteiger partial charge >= 0.3 is 0 Å². The number of nitrogens with one attached hydrogen (secondary N) is 1. The van der Waals surface area contributed by atoms with Gasteiger partial charge in [-0.05, 0) is 5.92 Å². The van der Waals surface area contributed by atoms with Crippen LogP contribution in [0, 0.1) is 5.92 Å². The van der Waals surface area contributed by atoms with Crippen LogP contribution in [0.2, 0.25) is 0 Å². The van der Waals surface area contributed by atoms with Crippen LogP contribution in [0.1, 0.15) is 17.3 Å². The predicted octanol–water partition coefficient (Wildman–Crippen LogP) is -0.222. The predicted molar refractivity (Wildman–Crippen MR) is 51.8 cm³/mol. The third kappa shape index (κ3) is 2.85. The fraction of sp³-hybridized carbons (Fsp3) is 0.556. The summed E-state index contributed by atoms with van der Waals surface area (Å²) in [5, 5.41) is 15.4. The Kier molecular flexibility index (Phi) is 3.64. The first-order valence-electron chi connectivity index (χ1n) is 4.51. The molecule has 1 aromatic rings. The molecule has 1 heterocycles. The minimum atomic E-state index is -0.154. The molecule has 0 aliphatic heterocycles. The summed E-state index contributed by atoms with van der Waals surface area (Å²) in [5.74, 6) is -0.0750. The highest BCUT2D eigenvalue weighted by Crippen LogP contribution is 1.96. The highest BCUT2D eigenvalue weighted by atomic mass is 16.3. The smallest absolute Gasteiger partial charge is 0.254 e. The van der Waals surface area contributed by atoms with Crippen molar-refractivity contribution < 1.29 is 9.90 Å². The van der Waals surface area contributed by atoms with E-state index in [9.17, 15) is 4.79 Å². The lowest BCUT2D eigenvalue weighted by molar-refractivity contribution is 0.0942. The molecule has 0 aromatic carbocycles. The van der Waals surface area contributed by atoms with Gasteiger partial charge in [0.2, 0.25) is 0 Å². The number of carbonyl (C=O) groups is 1. The lowest BCUT2D eigenvalue weighted by Gasteiger charge is -2.08. The topological polar surface area (TPSA) is 67.2 Å². The Hall–Kier alpha value is -1.36. The normalized spacial score (nSPS) is 12.5. The maximum atomic E-state index is 11.4. The Bertz CT molecular complexity index is 309. The van der Waals surface area contributed by atoms with Crippen molar-refractivity contribution in [1.29, 1.82) is 0 Å². The Morgan fingerprint density at radius 3 is 3.00 bits per heavy atom. The minimum absolute atomic E-state index is 0.0767. The zero-order valence-electron chi connectivity index (χ0n) is 8.40. The van der Waals surface area contributed by atoms with Crippen LogP contribution in [0.4, 0.5) is 0 Å². The van der Waals surface area contributed by atoms with Crippen molar-refractivity contribution in [2.75, 3.05) is 13.2 Å². The van der Waals surface area contributed by atoms with Gasteiger partial charge in [-0.3, -0.25) is 9.48 Å². The van der Waals surface area contributed by atoms with Crippen molar-refractivity contribution in [3.05, 3.63) is 18.0 Å². The van der Waals surface area contributed by atoms with Crippen molar-refractivity contribution >= 4 is 5.91 Å². The van der Waals surface area contributed by atoms with Crippen LogP contribution in [0.3, 0.4) is 0 Å². The van der Waals surface area contributed by atoms with Crippen LogP contribution < -0.4 is 5.32 Å². The molecule has 0 aliphatic rings. The Labute approximate surface area is 82.7 Å². The number of aliphatic hydroxyl groups excluding tert-OH is 1. The highest BCUT2D eigenvalue weighted by molar-refractivity contribution is 5.93. The van der Waals surface area contributed by atoms with E-state index in [1.165, 1.54) is 6.20 Å². The monoisotopic (exact) mass is 197 g/mol. The summed E-state index contributed by atoms with van der Waals surface area (Å²) in [6, 6.07) is 0. The summed E-state index contributed by atoms with van der Waals surface area (Å²) < 4.78 is 1.57. The number of aryl methyl sites for hydroxylation is 1. The fourth-order valence-corrected chi connectivity index (χ4v) is 0.972. The van der Waals surface area contributed by atoms with Crippen molar-refractivity contribution in [3.8, 4) is 0 Å². The number of aromatic nitrogens is 2. The maximum Gasteiger partial charge on any atom is 0.254 e. The van der Waals surface area contributed by atoms with E-state index in [1.807, 2.05) is 6.92 Å². The first-order chi connectivity index (χ1) is 6.63. The molecule has 0 fully saturated rings. The molecule has 1 unspecified atom stereocenters. The van der Waals surface area contributed by atoms with E-state index in [1.54, 1.807) is 17.9 Å². The highest BCUT2D eigenvalue weighted by Gasteiger charge is 2.08. The third-order valence-corrected chi connectivity index (χ3v) is 1.89. The van der Waals surface area contributed by atoms with Crippen molar-refractivity contribution in [2.24, 2.45) is 13.0 Å². The second kappa shape index (κ2) is 4.76. The molecule has 0 saturated carbocycles. The van der Waals surface area contributed by atoms with Gasteiger partial charge in [0.1, 0.15) is 0 Å². The Morgan fingerprint density at radius 2 is 2.50 bits per heavy atom. The molecule has 2 N–H and O–H groups in total. The van der Waals surface area contributed by atoms with E-state index >= 15 is 0 Å². The van der Waals surface area contributed by atoms with Crippen LogP contribution in [-0.2, 0) is 7.05 Å². The van der Waals surface area contributed by atoms with Crippen molar-refractivity contribution in [2.45, 2.75) is 6.92 Å². The molecule has 1 atom stereocenters. The van der Waals surface area contributed by atoms with E-state index in [0.29, 0.717) is 12.1 Å². The quantitative estimate of drug-likeness (QED) is 0.701. The van der Waals surface area contributed by atoms with Gasteiger partial charge in [0.05, 0.1) is 11.8 Å². The average Bonchev–Trinajstić information content (AvgIpc) is 2.60. The van der Waals surface area contributed by atoms with Crippen molar-refractivity contribution in [1.82, 2.24) is 15.1 Å². The standard InChI is InChI=1S/C9H15N3O2/c1-7(6-13)3-10-9(14)8-4-11-12(2)5-8/h4-5,7,13H,3,6H2,1-2H3,(H,10,14). The largest absolute Gasteiger partial charge is 0.396 e. The van der Waals surface area contributed by atoms with Gasteiger partial charge in [-0.25, -0.2) is 0 Å². The van der Waals surface area contributed by atoms with Gasteiger partial charge in [0, 0.05) is 26.4 Å². The van der Waals surface area contributed by atoms with Crippen molar-refractivity contribution in [3.63, 3.8) is 0 Å². The molecule has 1 amide bonds. The van der Waals surface area contributed by atoms with E-state index in [2.05, 4.69) is 10.4 Å². The van der Waals surface area contributed by atoms with Gasteiger partial charge in [-0.15, -0.1) is 0 Å². The zero-order valence-corrected chi connectivity index (χ0v) is 8.40. The number of rotatable bonds is 4. The first kappa shape index (κ1) is 10.7. The lowest BCUT2D eigenvalue weighted by atomic mass is 10.2. The summed E-state index contributed by atoms with van der Waals surface area (Å²) in [4.78, 5) is 11.4. The van der Waals surface area contributed by atoms with Crippen LogP contribution in [0.25, 0.3) is 0 Å². The molecule has 78 valence electrons. The second-order valence-electron chi connectivity index (χ2n) is 3.40. The molecular formula is C9H15N3O2. The summed E-state index contributed by atoms with van der Waals surface area (Å²) >= 11 is 0. The molecule has 1 aromatic heterocycles. The van der Waals surface area contributed by atoms with Gasteiger partial charge in [0.15, 0.2) is 0 Å². The summed E-state index contributed by atoms with van der Waals surface area (Å²) in [5.41, 5.74) is 0.539. The van der Waals surface area contributed by atoms with E-state index < -0.39 is 0 Å². The van der Waals surface area contributed by atoms with Crippen LogP contribution in [0.5, 0.6) is 0 Å². The average molecular weight is 197 g/mol. The molecule has 0 aliphatic carbocycles. The van der Waals surface area contributed by atoms with Gasteiger partial charge in [-0.1, -0.05) is 6.92 Å². The van der Waals surface area contributed by atoms with E-state index in [4.69, 9.17) is 5.11 Å². The Morgan fingerprint density at radius 1 is 1.79 bits per heavy atom. The Balaban J connectivity index is 2.43. The van der Waals surface area contributed by atoms with Gasteiger partial charge in [-0.2, -0.15) is 5.10 Å². The number of hydrogen-bond acceptors (Lipinski definition) is 3. The second-order valence-corrected chi connectivity index (χ2v) is 3.40. The molecular weight excluding hydrogens is 182 g/mol. The van der Waals surface area contributed by atoms with E-state index in [-0.39, 0.29) is 18.4 Å². The molecule has 14 heavy (non-hydrogen) atoms.